The van der Waals surface area contributed by atoms with Crippen LogP contribution in [0.5, 0.6) is 0 Å². The van der Waals surface area contributed by atoms with Crippen LogP contribution in [0, 0.1) is 6.92 Å². The van der Waals surface area contributed by atoms with E-state index in [1.165, 1.54) is 9.75 Å². The molecular weight excluding hydrogens is 323 g/mol. The molecule has 3 rings (SSSR count). The predicted octanol–water partition coefficient (Wildman–Crippen LogP) is 4.36. The normalized spacial score (nSPS) is 17.9. The van der Waals surface area contributed by atoms with E-state index >= 15 is 0 Å². The average molecular weight is 341 g/mol. The molecule has 0 amide bonds. The number of aryl methyl sites for hydroxylation is 1. The lowest BCUT2D eigenvalue weighted by Crippen LogP contribution is -2.45. The minimum Gasteiger partial charge on any atom is -0.314 e. The van der Waals surface area contributed by atoms with Gasteiger partial charge in [0.1, 0.15) is 0 Å². The monoisotopic (exact) mass is 340 g/mol. The number of nitrogens with one attached hydrogen (secondary N) is 1. The zero-order chi connectivity index (χ0) is 14.8. The van der Waals surface area contributed by atoms with Gasteiger partial charge in [-0.05, 0) is 36.8 Å². The van der Waals surface area contributed by atoms with E-state index in [1.54, 1.807) is 0 Å². The standard InChI is InChI=1S/C16H18Cl2N2S/c1-11-2-5-15(21-11)16(20-8-6-19-7-9-20)13-4-3-12(17)10-14(13)18/h2-5,10,16,19H,6-9H2,1H3. The first-order valence-corrected chi connectivity index (χ1v) is 8.68. The van der Waals surface area contributed by atoms with E-state index in [0.717, 1.165) is 36.8 Å². The van der Waals surface area contributed by atoms with Crippen LogP contribution in [0.25, 0.3) is 0 Å². The summed E-state index contributed by atoms with van der Waals surface area (Å²) in [5.41, 5.74) is 1.14. The minimum atomic E-state index is 0.218. The van der Waals surface area contributed by atoms with Gasteiger partial charge in [0, 0.05) is 46.0 Å². The molecule has 2 aromatic rings. The second kappa shape index (κ2) is 6.67. The molecule has 1 unspecified atom stereocenters. The zero-order valence-electron chi connectivity index (χ0n) is 11.9. The van der Waals surface area contributed by atoms with Gasteiger partial charge < -0.3 is 5.32 Å². The maximum Gasteiger partial charge on any atom is 0.0711 e. The van der Waals surface area contributed by atoms with Crippen LogP contribution in [0.2, 0.25) is 10.0 Å². The number of hydrogen-bond donors (Lipinski definition) is 1. The van der Waals surface area contributed by atoms with Crippen LogP contribution in [-0.2, 0) is 0 Å². The summed E-state index contributed by atoms with van der Waals surface area (Å²) >= 11 is 14.4. The minimum absolute atomic E-state index is 0.218. The van der Waals surface area contributed by atoms with Gasteiger partial charge in [0.2, 0.25) is 0 Å². The van der Waals surface area contributed by atoms with Crippen LogP contribution in [0.1, 0.15) is 21.4 Å². The Balaban J connectivity index is 2.02. The van der Waals surface area contributed by atoms with Crippen molar-refractivity contribution in [3.8, 4) is 0 Å². The number of benzene rings is 1. The summed E-state index contributed by atoms with van der Waals surface area (Å²) < 4.78 is 0. The van der Waals surface area contributed by atoms with Crippen molar-refractivity contribution >= 4 is 34.5 Å². The maximum atomic E-state index is 6.48. The molecule has 1 aromatic carbocycles. The molecule has 1 aliphatic rings. The third-order valence-electron chi connectivity index (χ3n) is 3.80. The second-order valence-electron chi connectivity index (χ2n) is 5.30. The van der Waals surface area contributed by atoms with Gasteiger partial charge in [-0.1, -0.05) is 29.3 Å². The number of rotatable bonds is 3. The van der Waals surface area contributed by atoms with Gasteiger partial charge in [0.25, 0.3) is 0 Å². The number of hydrogen-bond acceptors (Lipinski definition) is 3. The molecule has 2 nitrogen and oxygen atoms in total. The number of halogens is 2. The molecule has 1 aromatic heterocycles. The fraction of sp³-hybridized carbons (Fsp3) is 0.375. The molecule has 1 N–H and O–H groups in total. The van der Waals surface area contributed by atoms with Crippen molar-refractivity contribution in [1.29, 1.82) is 0 Å². The van der Waals surface area contributed by atoms with Gasteiger partial charge in [-0.2, -0.15) is 0 Å². The third-order valence-corrected chi connectivity index (χ3v) is 5.42. The molecule has 0 aliphatic carbocycles. The Kier molecular flexibility index (Phi) is 4.87. The molecular formula is C16H18Cl2N2S. The highest BCUT2D eigenvalue weighted by Crippen LogP contribution is 2.37. The van der Waals surface area contributed by atoms with Crippen molar-refractivity contribution in [3.63, 3.8) is 0 Å². The van der Waals surface area contributed by atoms with Crippen LogP contribution < -0.4 is 5.32 Å². The van der Waals surface area contributed by atoms with Gasteiger partial charge in [-0.3, -0.25) is 4.90 Å². The van der Waals surface area contributed by atoms with Crippen molar-refractivity contribution in [3.05, 3.63) is 55.7 Å². The van der Waals surface area contributed by atoms with Crippen molar-refractivity contribution in [1.82, 2.24) is 10.2 Å². The molecule has 1 aliphatic heterocycles. The maximum absolute atomic E-state index is 6.48. The second-order valence-corrected chi connectivity index (χ2v) is 7.47. The number of thiophene rings is 1. The lowest BCUT2D eigenvalue weighted by molar-refractivity contribution is 0.201. The van der Waals surface area contributed by atoms with Crippen LogP contribution in [0.15, 0.2) is 30.3 Å². The summed E-state index contributed by atoms with van der Waals surface area (Å²) in [7, 11) is 0. The summed E-state index contributed by atoms with van der Waals surface area (Å²) in [6, 6.07) is 10.4. The van der Waals surface area contributed by atoms with Crippen molar-refractivity contribution in [2.24, 2.45) is 0 Å². The molecule has 0 radical (unpaired) electrons. The largest absolute Gasteiger partial charge is 0.314 e. The van der Waals surface area contributed by atoms with Crippen LogP contribution in [0.3, 0.4) is 0 Å². The van der Waals surface area contributed by atoms with Crippen LogP contribution in [0.4, 0.5) is 0 Å². The smallest absolute Gasteiger partial charge is 0.0711 e. The summed E-state index contributed by atoms with van der Waals surface area (Å²) in [4.78, 5) is 5.17. The van der Waals surface area contributed by atoms with E-state index in [1.807, 2.05) is 23.5 Å². The molecule has 0 spiro atoms. The van der Waals surface area contributed by atoms with Crippen molar-refractivity contribution in [2.45, 2.75) is 13.0 Å². The Morgan fingerprint density at radius 2 is 1.90 bits per heavy atom. The van der Waals surface area contributed by atoms with E-state index in [0.29, 0.717) is 5.02 Å². The highest BCUT2D eigenvalue weighted by atomic mass is 35.5. The number of piperazine rings is 1. The first-order chi connectivity index (χ1) is 10.1. The Hall–Kier alpha value is -0.580. The molecule has 2 heterocycles. The molecule has 5 heteroatoms. The Morgan fingerprint density at radius 1 is 1.14 bits per heavy atom. The summed E-state index contributed by atoms with van der Waals surface area (Å²) in [5, 5.41) is 4.84. The SMILES string of the molecule is Cc1ccc(C(c2ccc(Cl)cc2Cl)N2CCNCC2)s1. The molecule has 112 valence electrons. The molecule has 1 saturated heterocycles. The fourth-order valence-electron chi connectivity index (χ4n) is 2.79. The van der Waals surface area contributed by atoms with Gasteiger partial charge in [0.05, 0.1) is 6.04 Å². The van der Waals surface area contributed by atoms with Crippen LogP contribution >= 0.6 is 34.5 Å². The zero-order valence-corrected chi connectivity index (χ0v) is 14.2. The lowest BCUT2D eigenvalue weighted by atomic mass is 10.0. The Morgan fingerprint density at radius 3 is 2.52 bits per heavy atom. The van der Waals surface area contributed by atoms with E-state index in [9.17, 15) is 0 Å². The molecule has 21 heavy (non-hydrogen) atoms. The topological polar surface area (TPSA) is 15.3 Å². The predicted molar refractivity (Wildman–Crippen MR) is 91.8 cm³/mol. The van der Waals surface area contributed by atoms with Crippen molar-refractivity contribution < 1.29 is 0 Å². The van der Waals surface area contributed by atoms with Crippen molar-refractivity contribution in [2.75, 3.05) is 26.2 Å². The van der Waals surface area contributed by atoms with Gasteiger partial charge in [0.15, 0.2) is 0 Å². The molecule has 0 saturated carbocycles. The summed E-state index contributed by atoms with van der Waals surface area (Å²) in [6.45, 7) is 6.24. The van der Waals surface area contributed by atoms with E-state index < -0.39 is 0 Å². The van der Waals surface area contributed by atoms with E-state index in [2.05, 4.69) is 35.3 Å². The lowest BCUT2D eigenvalue weighted by Gasteiger charge is -2.35. The average Bonchev–Trinajstić information content (AvgIpc) is 2.89. The highest BCUT2D eigenvalue weighted by molar-refractivity contribution is 7.12. The van der Waals surface area contributed by atoms with E-state index in [4.69, 9.17) is 23.2 Å². The first-order valence-electron chi connectivity index (χ1n) is 7.11. The molecule has 1 fully saturated rings. The summed E-state index contributed by atoms with van der Waals surface area (Å²) in [5.74, 6) is 0. The van der Waals surface area contributed by atoms with Gasteiger partial charge >= 0.3 is 0 Å². The van der Waals surface area contributed by atoms with Gasteiger partial charge in [-0.25, -0.2) is 0 Å². The Labute approximate surface area is 139 Å². The molecule has 1 atom stereocenters. The quantitative estimate of drug-likeness (QED) is 0.892. The summed E-state index contributed by atoms with van der Waals surface area (Å²) in [6.07, 6.45) is 0. The van der Waals surface area contributed by atoms with Crippen LogP contribution in [-0.4, -0.2) is 31.1 Å². The van der Waals surface area contributed by atoms with Gasteiger partial charge in [-0.15, -0.1) is 11.3 Å². The number of nitrogens with zero attached hydrogens (tertiary/aromatic N) is 1. The molecule has 0 bridgehead atoms. The highest BCUT2D eigenvalue weighted by Gasteiger charge is 2.26. The third kappa shape index (κ3) is 3.43. The first kappa shape index (κ1) is 15.3. The van der Waals surface area contributed by atoms with E-state index in [-0.39, 0.29) is 6.04 Å². The fourth-order valence-corrected chi connectivity index (χ4v) is 4.34. The Bertz CT molecular complexity index is 620.